The molecule has 21 heavy (non-hydrogen) atoms. The fraction of sp³-hybridized carbons (Fsp3) is 0. The number of halogens is 1. The maximum absolute atomic E-state index is 2.23. The Bertz CT molecular complexity index is 535. The third-order valence-corrected chi connectivity index (χ3v) is 5.49. The molecule has 3 rings (SSSR count). The molecule has 0 heterocycles. The van der Waals surface area contributed by atoms with E-state index in [9.17, 15) is 0 Å². The summed E-state index contributed by atoms with van der Waals surface area (Å²) in [5.41, 5.74) is 0. The molecule has 3 heteroatoms. The van der Waals surface area contributed by atoms with Crippen LogP contribution >= 0.6 is 7.92 Å². The summed E-state index contributed by atoms with van der Waals surface area (Å²) in [5, 5.41) is 4.19. The number of benzene rings is 3. The minimum Gasteiger partial charge on any atom is -1.00 e. The molecule has 0 N–H and O–H groups in total. The van der Waals surface area contributed by atoms with Gasteiger partial charge in [-0.25, -0.2) is 0 Å². The molecule has 0 saturated carbocycles. The van der Waals surface area contributed by atoms with Crippen LogP contribution in [0.5, 0.6) is 0 Å². The third-order valence-electron chi connectivity index (χ3n) is 3.04. The molecule has 0 aliphatic carbocycles. The van der Waals surface area contributed by atoms with Crippen molar-refractivity contribution in [3.63, 3.8) is 0 Å². The van der Waals surface area contributed by atoms with Crippen LogP contribution in [0.2, 0.25) is 0 Å². The molecule has 0 radical (unpaired) electrons. The molecule has 0 atom stereocenters. The van der Waals surface area contributed by atoms with Gasteiger partial charge in [0.2, 0.25) is 0 Å². The van der Waals surface area contributed by atoms with Crippen LogP contribution in [0.4, 0.5) is 0 Å². The van der Waals surface area contributed by atoms with E-state index in [1.807, 2.05) is 0 Å². The normalized spacial score (nSPS) is 9.57. The van der Waals surface area contributed by atoms with Crippen molar-refractivity contribution in [1.29, 1.82) is 0 Å². The molecule has 3 aromatic carbocycles. The molecule has 0 saturated heterocycles. The van der Waals surface area contributed by atoms with Gasteiger partial charge in [-0.3, -0.25) is 0 Å². The van der Waals surface area contributed by atoms with E-state index in [-0.39, 0.29) is 31.3 Å². The van der Waals surface area contributed by atoms with Gasteiger partial charge in [-0.05, 0) is 23.8 Å². The Balaban J connectivity index is 0.00000110. The molecule has 0 amide bonds. The van der Waals surface area contributed by atoms with E-state index in [1.165, 1.54) is 15.9 Å². The van der Waals surface area contributed by atoms with Crippen LogP contribution in [0.1, 0.15) is 0 Å². The third kappa shape index (κ3) is 4.47. The minimum absolute atomic E-state index is 0. The molecule has 0 aliphatic rings. The molecule has 0 aliphatic heterocycles. The predicted molar refractivity (Wildman–Crippen MR) is 85.1 cm³/mol. The molecule has 0 fully saturated rings. The summed E-state index contributed by atoms with van der Waals surface area (Å²) in [6.07, 6.45) is 0. The zero-order chi connectivity index (χ0) is 12.9. The second-order valence-corrected chi connectivity index (χ2v) is 6.56. The molecule has 100 valence electrons. The Morgan fingerprint density at radius 2 is 0.667 bits per heavy atom. The fourth-order valence-corrected chi connectivity index (χ4v) is 4.48. The average Bonchev–Trinajstić information content (AvgIpc) is 2.51. The molecule has 0 nitrogen and oxygen atoms in total. The quantitative estimate of drug-likeness (QED) is 0.369. The van der Waals surface area contributed by atoms with E-state index < -0.39 is 7.92 Å². The number of rotatable bonds is 3. The van der Waals surface area contributed by atoms with Crippen molar-refractivity contribution < 1.29 is 31.3 Å². The van der Waals surface area contributed by atoms with E-state index in [0.29, 0.717) is 0 Å². The van der Waals surface area contributed by atoms with Crippen molar-refractivity contribution in [1.82, 2.24) is 0 Å². The standard InChI is InChI=1S/C18H15P.ClH.Li/c1-4-10-16(11-5-1)19(17-12-6-2-7-13-17)18-14-8-3-9-15-18;;/h1-15H;1H;/q;;+1/p-1. The van der Waals surface area contributed by atoms with Crippen molar-refractivity contribution in [2.75, 3.05) is 0 Å². The van der Waals surface area contributed by atoms with Gasteiger partial charge in [0.1, 0.15) is 0 Å². The van der Waals surface area contributed by atoms with Crippen LogP contribution < -0.4 is 47.2 Å². The molecule has 0 aromatic heterocycles. The van der Waals surface area contributed by atoms with E-state index >= 15 is 0 Å². The Morgan fingerprint density at radius 1 is 0.429 bits per heavy atom. The summed E-state index contributed by atoms with van der Waals surface area (Å²) in [5.74, 6) is 0. The molecular weight excluding hydrogens is 290 g/mol. The Kier molecular flexibility index (Phi) is 7.80. The summed E-state index contributed by atoms with van der Waals surface area (Å²) >= 11 is 0. The van der Waals surface area contributed by atoms with Gasteiger partial charge in [0.25, 0.3) is 0 Å². The van der Waals surface area contributed by atoms with Gasteiger partial charge in [0.05, 0.1) is 0 Å². The van der Waals surface area contributed by atoms with Crippen molar-refractivity contribution in [2.24, 2.45) is 0 Å². The summed E-state index contributed by atoms with van der Waals surface area (Å²) in [6.45, 7) is 0. The summed E-state index contributed by atoms with van der Waals surface area (Å²) in [4.78, 5) is 0. The van der Waals surface area contributed by atoms with E-state index in [4.69, 9.17) is 0 Å². The second-order valence-electron chi connectivity index (χ2n) is 4.34. The zero-order valence-electron chi connectivity index (χ0n) is 12.0. The van der Waals surface area contributed by atoms with Crippen LogP contribution in [0.25, 0.3) is 0 Å². The Morgan fingerprint density at radius 3 is 0.905 bits per heavy atom. The van der Waals surface area contributed by atoms with Gasteiger partial charge in [-0.2, -0.15) is 0 Å². The molecule has 0 bridgehead atoms. The summed E-state index contributed by atoms with van der Waals surface area (Å²) in [7, 11) is -0.446. The van der Waals surface area contributed by atoms with Crippen molar-refractivity contribution in [3.05, 3.63) is 91.0 Å². The topological polar surface area (TPSA) is 0 Å². The Labute approximate surface area is 145 Å². The van der Waals surface area contributed by atoms with Crippen LogP contribution in [-0.4, -0.2) is 0 Å². The van der Waals surface area contributed by atoms with Crippen molar-refractivity contribution in [2.45, 2.75) is 0 Å². The van der Waals surface area contributed by atoms with E-state index in [2.05, 4.69) is 91.0 Å². The first kappa shape index (κ1) is 18.0. The summed E-state index contributed by atoms with van der Waals surface area (Å²) < 4.78 is 0. The molecule has 0 unspecified atom stereocenters. The predicted octanol–water partition coefficient (Wildman–Crippen LogP) is -2.55. The smallest absolute Gasteiger partial charge is 1.00 e. The van der Waals surface area contributed by atoms with E-state index in [0.717, 1.165) is 0 Å². The Hall–Kier alpha value is -1.02. The van der Waals surface area contributed by atoms with Crippen LogP contribution in [0.15, 0.2) is 91.0 Å². The van der Waals surface area contributed by atoms with Crippen LogP contribution in [0.3, 0.4) is 0 Å². The SMILES string of the molecule is [Cl-].[Li+].c1ccc(P(c2ccccc2)c2ccccc2)cc1. The van der Waals surface area contributed by atoms with Gasteiger partial charge < -0.3 is 12.4 Å². The van der Waals surface area contributed by atoms with Crippen LogP contribution in [-0.2, 0) is 0 Å². The van der Waals surface area contributed by atoms with Crippen LogP contribution in [0, 0.1) is 0 Å². The largest absolute Gasteiger partial charge is 1.00 e. The maximum atomic E-state index is 2.23. The first-order chi connectivity index (χ1) is 9.45. The monoisotopic (exact) mass is 304 g/mol. The molecule has 0 spiro atoms. The first-order valence-electron chi connectivity index (χ1n) is 6.40. The van der Waals surface area contributed by atoms with Gasteiger partial charge in [-0.15, -0.1) is 0 Å². The number of hydrogen-bond donors (Lipinski definition) is 0. The average molecular weight is 305 g/mol. The van der Waals surface area contributed by atoms with Gasteiger partial charge in [-0.1, -0.05) is 91.0 Å². The van der Waals surface area contributed by atoms with Gasteiger partial charge >= 0.3 is 18.9 Å². The fourth-order valence-electron chi connectivity index (χ4n) is 2.18. The minimum atomic E-state index is -0.446. The van der Waals surface area contributed by atoms with Gasteiger partial charge in [0, 0.05) is 0 Å². The van der Waals surface area contributed by atoms with Gasteiger partial charge in [0.15, 0.2) is 0 Å². The van der Waals surface area contributed by atoms with E-state index in [1.54, 1.807) is 0 Å². The zero-order valence-corrected chi connectivity index (χ0v) is 13.6. The summed E-state index contributed by atoms with van der Waals surface area (Å²) in [6, 6.07) is 32.3. The molecular formula is C18H15ClLiP. The second kappa shape index (κ2) is 9.09. The first-order valence-corrected chi connectivity index (χ1v) is 7.74. The van der Waals surface area contributed by atoms with Crippen molar-refractivity contribution in [3.8, 4) is 0 Å². The number of hydrogen-bond acceptors (Lipinski definition) is 0. The van der Waals surface area contributed by atoms with Crippen molar-refractivity contribution >= 4 is 23.8 Å². The maximum Gasteiger partial charge on any atom is 1.00 e. The molecule has 3 aromatic rings.